The summed E-state index contributed by atoms with van der Waals surface area (Å²) in [4.78, 5) is 1.13. The van der Waals surface area contributed by atoms with E-state index in [0.29, 0.717) is 15.6 Å². The van der Waals surface area contributed by atoms with Crippen LogP contribution in [0.3, 0.4) is 0 Å². The lowest BCUT2D eigenvalue weighted by molar-refractivity contribution is 0.469. The van der Waals surface area contributed by atoms with Crippen molar-refractivity contribution in [2.45, 2.75) is 18.4 Å². The topological polar surface area (TPSA) is 63.4 Å². The standard InChI is InChI=1S/C13H15ClN2O2S2/c1-9-11(15)4-3-5-12(9)20(17,18)16(2)8-10-6-7-13(14)19-10/h3-7H,8,15H2,1-2H3. The van der Waals surface area contributed by atoms with E-state index in [4.69, 9.17) is 17.3 Å². The first-order valence-electron chi connectivity index (χ1n) is 5.88. The smallest absolute Gasteiger partial charge is 0.243 e. The van der Waals surface area contributed by atoms with Crippen LogP contribution >= 0.6 is 22.9 Å². The number of sulfonamides is 1. The maximum absolute atomic E-state index is 12.6. The molecule has 0 bridgehead atoms. The van der Waals surface area contributed by atoms with Gasteiger partial charge in [-0.3, -0.25) is 0 Å². The van der Waals surface area contributed by atoms with Gasteiger partial charge in [-0.2, -0.15) is 4.31 Å². The van der Waals surface area contributed by atoms with E-state index >= 15 is 0 Å². The van der Waals surface area contributed by atoms with Gasteiger partial charge < -0.3 is 5.73 Å². The Hall–Kier alpha value is -1.08. The minimum atomic E-state index is -3.56. The lowest BCUT2D eigenvalue weighted by Gasteiger charge is -2.18. The first-order valence-corrected chi connectivity index (χ1v) is 8.51. The van der Waals surface area contributed by atoms with Crippen molar-refractivity contribution in [3.8, 4) is 0 Å². The second kappa shape index (κ2) is 5.73. The van der Waals surface area contributed by atoms with Gasteiger partial charge in [0, 0.05) is 24.2 Å². The van der Waals surface area contributed by atoms with Crippen LogP contribution in [-0.2, 0) is 16.6 Å². The average Bonchev–Trinajstić information content (AvgIpc) is 2.78. The van der Waals surface area contributed by atoms with Crippen LogP contribution in [0.2, 0.25) is 4.34 Å². The van der Waals surface area contributed by atoms with Gasteiger partial charge in [-0.1, -0.05) is 17.7 Å². The Morgan fingerprint density at radius 2 is 2.00 bits per heavy atom. The molecule has 20 heavy (non-hydrogen) atoms. The predicted molar refractivity (Wildman–Crippen MR) is 83.6 cm³/mol. The number of rotatable bonds is 4. The molecule has 0 aliphatic carbocycles. The minimum absolute atomic E-state index is 0.239. The van der Waals surface area contributed by atoms with Crippen LogP contribution in [0.25, 0.3) is 0 Å². The molecule has 108 valence electrons. The van der Waals surface area contributed by atoms with Crippen molar-refractivity contribution in [2.24, 2.45) is 0 Å². The van der Waals surface area contributed by atoms with Crippen molar-refractivity contribution in [3.05, 3.63) is 45.1 Å². The van der Waals surface area contributed by atoms with Gasteiger partial charge in [0.1, 0.15) is 0 Å². The molecule has 0 aliphatic rings. The van der Waals surface area contributed by atoms with Crippen LogP contribution in [0.15, 0.2) is 35.2 Å². The summed E-state index contributed by atoms with van der Waals surface area (Å²) < 4.78 is 27.1. The Morgan fingerprint density at radius 1 is 1.30 bits per heavy atom. The molecule has 2 aromatic rings. The van der Waals surface area contributed by atoms with Crippen LogP contribution in [0.4, 0.5) is 5.69 Å². The van der Waals surface area contributed by atoms with Crippen molar-refractivity contribution in [2.75, 3.05) is 12.8 Å². The average molecular weight is 331 g/mol. The van der Waals surface area contributed by atoms with Crippen LogP contribution in [0.1, 0.15) is 10.4 Å². The Morgan fingerprint density at radius 3 is 2.60 bits per heavy atom. The molecule has 0 saturated heterocycles. The van der Waals surface area contributed by atoms with Crippen molar-refractivity contribution < 1.29 is 8.42 Å². The summed E-state index contributed by atoms with van der Waals surface area (Å²) >= 11 is 7.22. The molecule has 2 rings (SSSR count). The highest BCUT2D eigenvalue weighted by atomic mass is 35.5. The molecule has 0 amide bonds. The van der Waals surface area contributed by atoms with Gasteiger partial charge in [0.2, 0.25) is 10.0 Å². The summed E-state index contributed by atoms with van der Waals surface area (Å²) in [5.41, 5.74) is 6.82. The first kappa shape index (κ1) is 15.3. The molecule has 0 spiro atoms. The summed E-state index contributed by atoms with van der Waals surface area (Å²) in [6.45, 7) is 1.99. The van der Waals surface area contributed by atoms with Gasteiger partial charge in [0.05, 0.1) is 9.23 Å². The highest BCUT2D eigenvalue weighted by molar-refractivity contribution is 7.89. The second-order valence-corrected chi connectivity index (χ2v) is 8.25. The lowest BCUT2D eigenvalue weighted by Crippen LogP contribution is -2.27. The minimum Gasteiger partial charge on any atom is -0.398 e. The molecule has 7 heteroatoms. The first-order chi connectivity index (χ1) is 9.32. The van der Waals surface area contributed by atoms with E-state index in [1.807, 2.05) is 6.07 Å². The molecule has 1 aromatic carbocycles. The Kier molecular flexibility index (Phi) is 4.39. The zero-order valence-electron chi connectivity index (χ0n) is 11.1. The molecule has 2 N–H and O–H groups in total. The predicted octanol–water partition coefficient (Wildman–Crippen LogP) is 3.11. The SMILES string of the molecule is Cc1c(N)cccc1S(=O)(=O)N(C)Cc1ccc(Cl)s1. The summed E-state index contributed by atoms with van der Waals surface area (Å²) in [5, 5.41) is 0. The van der Waals surface area contributed by atoms with Gasteiger partial charge in [-0.05, 0) is 36.8 Å². The van der Waals surface area contributed by atoms with Gasteiger partial charge in [0.25, 0.3) is 0 Å². The van der Waals surface area contributed by atoms with E-state index in [0.717, 1.165) is 4.88 Å². The van der Waals surface area contributed by atoms with E-state index in [1.54, 1.807) is 38.2 Å². The molecule has 4 nitrogen and oxygen atoms in total. The fraction of sp³-hybridized carbons (Fsp3) is 0.231. The molecular weight excluding hydrogens is 316 g/mol. The van der Waals surface area contributed by atoms with E-state index in [2.05, 4.69) is 0 Å². The summed E-state index contributed by atoms with van der Waals surface area (Å²) in [6, 6.07) is 8.48. The van der Waals surface area contributed by atoms with Gasteiger partial charge in [0.15, 0.2) is 0 Å². The van der Waals surface area contributed by atoms with E-state index in [-0.39, 0.29) is 11.4 Å². The number of hydrogen-bond acceptors (Lipinski definition) is 4. The fourth-order valence-corrected chi connectivity index (χ4v) is 4.44. The maximum Gasteiger partial charge on any atom is 0.243 e. The van der Waals surface area contributed by atoms with Crippen LogP contribution in [-0.4, -0.2) is 19.8 Å². The van der Waals surface area contributed by atoms with Gasteiger partial charge in [-0.15, -0.1) is 11.3 Å². The molecule has 0 atom stereocenters. The molecule has 0 unspecified atom stereocenters. The molecule has 0 saturated carbocycles. The monoisotopic (exact) mass is 330 g/mol. The zero-order valence-corrected chi connectivity index (χ0v) is 13.5. The summed E-state index contributed by atoms with van der Waals surface area (Å²) in [7, 11) is -2.02. The highest BCUT2D eigenvalue weighted by Gasteiger charge is 2.23. The molecule has 1 aromatic heterocycles. The van der Waals surface area contributed by atoms with Crippen molar-refractivity contribution in [1.82, 2.24) is 4.31 Å². The van der Waals surface area contributed by atoms with Crippen molar-refractivity contribution in [1.29, 1.82) is 0 Å². The van der Waals surface area contributed by atoms with Gasteiger partial charge in [-0.25, -0.2) is 8.42 Å². The quantitative estimate of drug-likeness (QED) is 0.876. The molecule has 0 aliphatic heterocycles. The largest absolute Gasteiger partial charge is 0.398 e. The Balaban J connectivity index is 2.32. The molecule has 0 radical (unpaired) electrons. The highest BCUT2D eigenvalue weighted by Crippen LogP contribution is 2.27. The summed E-state index contributed by atoms with van der Waals surface area (Å²) in [5.74, 6) is 0. The van der Waals surface area contributed by atoms with Crippen LogP contribution in [0.5, 0.6) is 0 Å². The number of hydrogen-bond donors (Lipinski definition) is 1. The normalized spacial score (nSPS) is 12.0. The number of anilines is 1. The third kappa shape index (κ3) is 2.98. The van der Waals surface area contributed by atoms with E-state index in [9.17, 15) is 8.42 Å². The second-order valence-electron chi connectivity index (χ2n) is 4.44. The molecular formula is C13H15ClN2O2S2. The zero-order chi connectivity index (χ0) is 14.9. The maximum atomic E-state index is 12.6. The van der Waals surface area contributed by atoms with Crippen molar-refractivity contribution >= 4 is 38.6 Å². The Labute approximate surface area is 127 Å². The van der Waals surface area contributed by atoms with Crippen LogP contribution < -0.4 is 5.73 Å². The van der Waals surface area contributed by atoms with E-state index < -0.39 is 10.0 Å². The molecule has 0 fully saturated rings. The number of nitrogens with two attached hydrogens (primary N) is 1. The number of thiophene rings is 1. The van der Waals surface area contributed by atoms with Gasteiger partial charge >= 0.3 is 0 Å². The third-order valence-electron chi connectivity index (χ3n) is 3.02. The third-order valence-corrected chi connectivity index (χ3v) is 6.19. The number of nitrogen functional groups attached to an aromatic ring is 1. The van der Waals surface area contributed by atoms with E-state index in [1.165, 1.54) is 15.6 Å². The number of halogens is 1. The fourth-order valence-electron chi connectivity index (χ4n) is 1.82. The lowest BCUT2D eigenvalue weighted by atomic mass is 10.2. The summed E-state index contributed by atoms with van der Waals surface area (Å²) in [6.07, 6.45) is 0. The van der Waals surface area contributed by atoms with Crippen molar-refractivity contribution in [3.63, 3.8) is 0 Å². The molecule has 1 heterocycles. The van der Waals surface area contributed by atoms with Crippen LogP contribution in [0, 0.1) is 6.92 Å². The number of benzene rings is 1. The Bertz CT molecular complexity index is 726. The number of nitrogens with zero attached hydrogens (tertiary/aromatic N) is 1.